The van der Waals surface area contributed by atoms with Crippen molar-refractivity contribution < 1.29 is 19.1 Å². The average molecular weight is 442 g/mol. The molecule has 7 nitrogen and oxygen atoms in total. The highest BCUT2D eigenvalue weighted by Gasteiger charge is 2.30. The Morgan fingerprint density at radius 2 is 1.97 bits per heavy atom. The van der Waals surface area contributed by atoms with Crippen LogP contribution in [0, 0.1) is 11.7 Å². The number of pyridine rings is 1. The minimum absolute atomic E-state index is 0.0709. The molecule has 2 N–H and O–H groups in total. The fourth-order valence-electron chi connectivity index (χ4n) is 4.80. The number of nitrogens with zero attached hydrogens (tertiary/aromatic N) is 2. The molecule has 1 aromatic heterocycles. The number of fused-ring (bicyclic) bond motifs is 1. The molecule has 32 heavy (non-hydrogen) atoms. The molecule has 1 saturated carbocycles. The Bertz CT molecular complexity index is 1080. The summed E-state index contributed by atoms with van der Waals surface area (Å²) in [6, 6.07) is 5.41. The fraction of sp³-hybridized carbons (Fsp3) is 0.458. The molecule has 0 radical (unpaired) electrons. The SMILES string of the molecule is CC(=O)N1CCc2c(cn(-c3ccc(F)cc3)c(=O)c2C(=O)N[C@H]2CCC[C@@H](CO)C2)C1. The first-order valence-electron chi connectivity index (χ1n) is 11.1. The lowest BCUT2D eigenvalue weighted by Crippen LogP contribution is -2.44. The van der Waals surface area contributed by atoms with Crippen molar-refractivity contribution in [2.45, 2.75) is 51.6 Å². The molecule has 4 rings (SSSR count). The number of hydrogen-bond acceptors (Lipinski definition) is 4. The highest BCUT2D eigenvalue weighted by Crippen LogP contribution is 2.26. The lowest BCUT2D eigenvalue weighted by atomic mass is 9.86. The van der Waals surface area contributed by atoms with E-state index in [1.54, 1.807) is 11.1 Å². The molecule has 0 spiro atoms. The zero-order chi connectivity index (χ0) is 22.8. The molecule has 170 valence electrons. The van der Waals surface area contributed by atoms with Gasteiger partial charge in [0.25, 0.3) is 11.5 Å². The molecule has 2 aromatic rings. The summed E-state index contributed by atoms with van der Waals surface area (Å²) in [5, 5.41) is 12.5. The maximum Gasteiger partial charge on any atom is 0.268 e. The van der Waals surface area contributed by atoms with Crippen molar-refractivity contribution in [1.82, 2.24) is 14.8 Å². The molecule has 2 amide bonds. The van der Waals surface area contributed by atoms with E-state index in [0.29, 0.717) is 37.2 Å². The first kappa shape index (κ1) is 22.2. The summed E-state index contributed by atoms with van der Waals surface area (Å²) in [5.74, 6) is -0.768. The van der Waals surface area contributed by atoms with Gasteiger partial charge in [-0.2, -0.15) is 0 Å². The maximum absolute atomic E-state index is 13.4. The van der Waals surface area contributed by atoms with Crippen LogP contribution < -0.4 is 10.9 Å². The van der Waals surface area contributed by atoms with Gasteiger partial charge in [-0.25, -0.2) is 4.39 Å². The standard InChI is InChI=1S/C24H28FN3O4/c1-15(30)27-10-9-21-17(12-27)13-28(20-7-5-18(25)6-8-20)24(32)22(21)23(31)26-19-4-2-3-16(11-19)14-29/h5-8,13,16,19,29H,2-4,9-12,14H2,1H3,(H,26,31)/t16-,19+/m1/s1. The summed E-state index contributed by atoms with van der Waals surface area (Å²) in [5.41, 5.74) is 1.47. The molecule has 2 aliphatic rings. The van der Waals surface area contributed by atoms with Gasteiger partial charge < -0.3 is 15.3 Å². The van der Waals surface area contributed by atoms with Crippen LogP contribution in [-0.4, -0.2) is 45.6 Å². The van der Waals surface area contributed by atoms with E-state index in [9.17, 15) is 23.9 Å². The molecule has 0 bridgehead atoms. The first-order valence-corrected chi connectivity index (χ1v) is 11.1. The molecule has 8 heteroatoms. The molecule has 2 atom stereocenters. The summed E-state index contributed by atoms with van der Waals surface area (Å²) >= 11 is 0. The number of carbonyl (C=O) groups excluding carboxylic acids is 2. The van der Waals surface area contributed by atoms with E-state index in [0.717, 1.165) is 24.8 Å². The summed E-state index contributed by atoms with van der Waals surface area (Å²) in [6.45, 7) is 2.34. The second-order valence-corrected chi connectivity index (χ2v) is 8.74. The van der Waals surface area contributed by atoms with E-state index in [4.69, 9.17) is 0 Å². The molecule has 1 aromatic carbocycles. The van der Waals surface area contributed by atoms with Gasteiger partial charge in [0.1, 0.15) is 11.4 Å². The second-order valence-electron chi connectivity index (χ2n) is 8.74. The third-order valence-corrected chi connectivity index (χ3v) is 6.55. The normalized spacial score (nSPS) is 20.5. The van der Waals surface area contributed by atoms with E-state index < -0.39 is 17.3 Å². The van der Waals surface area contributed by atoms with Gasteiger partial charge in [0.05, 0.1) is 0 Å². The van der Waals surface area contributed by atoms with Crippen LogP contribution in [0.15, 0.2) is 35.3 Å². The number of aliphatic hydroxyl groups excluding tert-OH is 1. The number of halogens is 1. The Morgan fingerprint density at radius 1 is 1.22 bits per heavy atom. The number of nitrogens with one attached hydrogen (secondary N) is 1. The van der Waals surface area contributed by atoms with Crippen LogP contribution in [-0.2, 0) is 17.8 Å². The minimum Gasteiger partial charge on any atom is -0.396 e. The van der Waals surface area contributed by atoms with Gasteiger partial charge in [0, 0.05) is 44.5 Å². The first-order chi connectivity index (χ1) is 15.4. The Morgan fingerprint density at radius 3 is 2.66 bits per heavy atom. The Hall–Kier alpha value is -3.00. The summed E-state index contributed by atoms with van der Waals surface area (Å²) in [7, 11) is 0. The van der Waals surface area contributed by atoms with Crippen molar-refractivity contribution in [2.75, 3.05) is 13.2 Å². The molecule has 0 unspecified atom stereocenters. The van der Waals surface area contributed by atoms with Crippen LogP contribution in [0.25, 0.3) is 5.69 Å². The van der Waals surface area contributed by atoms with Crippen molar-refractivity contribution in [1.29, 1.82) is 0 Å². The van der Waals surface area contributed by atoms with Crippen LogP contribution in [0.5, 0.6) is 0 Å². The van der Waals surface area contributed by atoms with Crippen molar-refractivity contribution >= 4 is 11.8 Å². The summed E-state index contributed by atoms with van der Waals surface area (Å²) in [4.78, 5) is 40.4. The Kier molecular flexibility index (Phi) is 6.41. The summed E-state index contributed by atoms with van der Waals surface area (Å²) < 4.78 is 14.8. The lowest BCUT2D eigenvalue weighted by Gasteiger charge is -2.31. The van der Waals surface area contributed by atoms with Crippen molar-refractivity contribution in [3.05, 3.63) is 63.3 Å². The molecular formula is C24H28FN3O4. The van der Waals surface area contributed by atoms with Gasteiger partial charge in [-0.3, -0.25) is 19.0 Å². The third-order valence-electron chi connectivity index (χ3n) is 6.55. The van der Waals surface area contributed by atoms with Gasteiger partial charge in [-0.1, -0.05) is 6.42 Å². The van der Waals surface area contributed by atoms with E-state index >= 15 is 0 Å². The molecule has 2 heterocycles. The van der Waals surface area contributed by atoms with E-state index in [-0.39, 0.29) is 30.0 Å². The quantitative estimate of drug-likeness (QED) is 0.761. The minimum atomic E-state index is -0.460. The number of carbonyl (C=O) groups is 2. The number of amides is 2. The maximum atomic E-state index is 13.4. The monoisotopic (exact) mass is 441 g/mol. The topological polar surface area (TPSA) is 91.6 Å². The number of aliphatic hydroxyl groups is 1. The van der Waals surface area contributed by atoms with E-state index in [2.05, 4.69) is 5.32 Å². The predicted octanol–water partition coefficient (Wildman–Crippen LogP) is 2.16. The van der Waals surface area contributed by atoms with Crippen LogP contribution in [0.1, 0.15) is 54.1 Å². The lowest BCUT2D eigenvalue weighted by molar-refractivity contribution is -0.129. The van der Waals surface area contributed by atoms with Crippen LogP contribution in [0.2, 0.25) is 0 Å². The smallest absolute Gasteiger partial charge is 0.268 e. The molecular weight excluding hydrogens is 413 g/mol. The van der Waals surface area contributed by atoms with Crippen molar-refractivity contribution in [3.8, 4) is 5.69 Å². The fourth-order valence-corrected chi connectivity index (χ4v) is 4.80. The van der Waals surface area contributed by atoms with Crippen LogP contribution >= 0.6 is 0 Å². The van der Waals surface area contributed by atoms with Crippen LogP contribution in [0.4, 0.5) is 4.39 Å². The Balaban J connectivity index is 1.74. The van der Waals surface area contributed by atoms with E-state index in [1.165, 1.54) is 35.8 Å². The van der Waals surface area contributed by atoms with E-state index in [1.807, 2.05) is 0 Å². The number of rotatable bonds is 4. The second kappa shape index (κ2) is 9.24. The van der Waals surface area contributed by atoms with Crippen molar-refractivity contribution in [2.24, 2.45) is 5.92 Å². The van der Waals surface area contributed by atoms with Gasteiger partial charge in [0.15, 0.2) is 0 Å². The average Bonchev–Trinajstić information content (AvgIpc) is 2.79. The Labute approximate surface area is 185 Å². The van der Waals surface area contributed by atoms with Gasteiger partial charge in [0.2, 0.25) is 5.91 Å². The number of benzene rings is 1. The zero-order valence-electron chi connectivity index (χ0n) is 18.1. The predicted molar refractivity (Wildman–Crippen MR) is 117 cm³/mol. The van der Waals surface area contributed by atoms with Crippen molar-refractivity contribution in [3.63, 3.8) is 0 Å². The number of aromatic nitrogens is 1. The molecule has 0 saturated heterocycles. The summed E-state index contributed by atoms with van der Waals surface area (Å²) in [6.07, 6.45) is 5.40. The highest BCUT2D eigenvalue weighted by molar-refractivity contribution is 5.96. The molecule has 1 aliphatic heterocycles. The molecule has 1 aliphatic carbocycles. The van der Waals surface area contributed by atoms with Gasteiger partial charge in [-0.05, 0) is 67.0 Å². The highest BCUT2D eigenvalue weighted by atomic mass is 19.1. The van der Waals surface area contributed by atoms with Gasteiger partial charge in [-0.15, -0.1) is 0 Å². The number of hydrogen-bond donors (Lipinski definition) is 2. The molecule has 1 fully saturated rings. The van der Waals surface area contributed by atoms with Gasteiger partial charge >= 0.3 is 0 Å². The van der Waals surface area contributed by atoms with Crippen LogP contribution in [0.3, 0.4) is 0 Å². The third kappa shape index (κ3) is 4.46. The zero-order valence-corrected chi connectivity index (χ0v) is 18.1. The largest absolute Gasteiger partial charge is 0.396 e.